The molecule has 0 N–H and O–H groups in total. The predicted molar refractivity (Wildman–Crippen MR) is 142 cm³/mol. The van der Waals surface area contributed by atoms with E-state index in [0.717, 1.165) is 6.92 Å². The molecular formula is C30H31F4IO5S. The summed E-state index contributed by atoms with van der Waals surface area (Å²) in [6, 6.07) is 18.0. The SMILES string of the molecule is C=C(C)C(=O)Oc1c(F)c(F)c(S(=O)(=O)[O-])c(F)c1F.CC(C)(C)c1ccccc1[I+]c1ccccc1C(C)(C)C. The van der Waals surface area contributed by atoms with Gasteiger partial charge in [-0.05, 0) is 29.9 Å². The second-order valence-corrected chi connectivity index (χ2v) is 15.3. The molecule has 0 aromatic heterocycles. The molecule has 0 bridgehead atoms. The summed E-state index contributed by atoms with van der Waals surface area (Å²) in [5.41, 5.74) is 3.09. The van der Waals surface area contributed by atoms with Gasteiger partial charge >= 0.3 is 27.2 Å². The topological polar surface area (TPSA) is 83.5 Å². The van der Waals surface area contributed by atoms with Gasteiger partial charge < -0.3 is 9.29 Å². The Morgan fingerprint density at radius 2 is 1.15 bits per heavy atom. The first kappa shape index (κ1) is 34.4. The normalized spacial score (nSPS) is 11.9. The van der Waals surface area contributed by atoms with Crippen molar-refractivity contribution in [1.82, 2.24) is 0 Å². The molecule has 0 aliphatic rings. The lowest BCUT2D eigenvalue weighted by Crippen LogP contribution is -3.62. The molecule has 0 saturated heterocycles. The monoisotopic (exact) mass is 706 g/mol. The van der Waals surface area contributed by atoms with Gasteiger partial charge in [0.2, 0.25) is 17.4 Å². The fraction of sp³-hybridized carbons (Fsp3) is 0.300. The van der Waals surface area contributed by atoms with Crippen LogP contribution < -0.4 is 25.9 Å². The lowest BCUT2D eigenvalue weighted by atomic mass is 9.87. The van der Waals surface area contributed by atoms with Gasteiger partial charge in [0.05, 0.1) is 0 Å². The van der Waals surface area contributed by atoms with Gasteiger partial charge in [0.1, 0.15) is 15.0 Å². The Kier molecular flexibility index (Phi) is 10.9. The van der Waals surface area contributed by atoms with Gasteiger partial charge in [-0.1, -0.05) is 84.5 Å². The van der Waals surface area contributed by atoms with E-state index < -0.39 is 50.0 Å². The van der Waals surface area contributed by atoms with Crippen LogP contribution in [0.3, 0.4) is 0 Å². The van der Waals surface area contributed by atoms with E-state index in [2.05, 4.69) is 101 Å². The van der Waals surface area contributed by atoms with Gasteiger partial charge in [-0.2, -0.15) is 8.78 Å². The highest BCUT2D eigenvalue weighted by atomic mass is 127. The lowest BCUT2D eigenvalue weighted by molar-refractivity contribution is -0.599. The number of ether oxygens (including phenoxy) is 1. The summed E-state index contributed by atoms with van der Waals surface area (Å²) in [6.45, 7) is 18.0. The summed E-state index contributed by atoms with van der Waals surface area (Å²) in [5.74, 6) is -12.8. The first-order valence-corrected chi connectivity index (χ1v) is 15.8. The largest absolute Gasteiger partial charge is 0.744 e. The van der Waals surface area contributed by atoms with E-state index in [1.807, 2.05) is 0 Å². The summed E-state index contributed by atoms with van der Waals surface area (Å²) in [7, 11) is -5.81. The quantitative estimate of drug-likeness (QED) is 0.0762. The van der Waals surface area contributed by atoms with Gasteiger partial charge in [0.25, 0.3) is 0 Å². The first-order valence-electron chi connectivity index (χ1n) is 12.2. The number of esters is 1. The fourth-order valence-corrected chi connectivity index (χ4v) is 8.07. The maximum absolute atomic E-state index is 13.4. The minimum Gasteiger partial charge on any atom is -0.744 e. The molecule has 0 unspecified atom stereocenters. The van der Waals surface area contributed by atoms with E-state index >= 15 is 0 Å². The van der Waals surface area contributed by atoms with Crippen LogP contribution in [-0.4, -0.2) is 18.9 Å². The molecule has 0 aliphatic carbocycles. The molecule has 3 aromatic rings. The summed E-state index contributed by atoms with van der Waals surface area (Å²) in [6.07, 6.45) is 0. The maximum atomic E-state index is 13.4. The summed E-state index contributed by atoms with van der Waals surface area (Å²) < 4.78 is 92.0. The molecule has 0 amide bonds. The second kappa shape index (κ2) is 13.0. The second-order valence-electron chi connectivity index (χ2n) is 11.1. The molecule has 0 aliphatic heterocycles. The van der Waals surface area contributed by atoms with Crippen LogP contribution in [0.15, 0.2) is 65.6 Å². The Morgan fingerprint density at radius 3 is 1.46 bits per heavy atom. The van der Waals surface area contributed by atoms with E-state index in [4.69, 9.17) is 0 Å². The Hall–Kier alpha value is -2.77. The molecule has 222 valence electrons. The molecule has 0 atom stereocenters. The number of carbonyl (C=O) groups excluding carboxylic acids is 1. The Labute approximate surface area is 248 Å². The van der Waals surface area contributed by atoms with Gasteiger partial charge in [0, 0.05) is 16.7 Å². The summed E-state index contributed by atoms with van der Waals surface area (Å²) >= 11 is -0.147. The van der Waals surface area contributed by atoms with Gasteiger partial charge in [0.15, 0.2) is 18.8 Å². The Balaban J connectivity index is 0.000000287. The van der Waals surface area contributed by atoms with E-state index in [-0.39, 0.29) is 37.6 Å². The maximum Gasteiger partial charge on any atom is 0.358 e. The van der Waals surface area contributed by atoms with Crippen molar-refractivity contribution in [3.8, 4) is 5.75 Å². The number of halogens is 5. The minimum absolute atomic E-state index is 0.147. The third-order valence-electron chi connectivity index (χ3n) is 5.54. The summed E-state index contributed by atoms with van der Waals surface area (Å²) in [5, 5.41) is 0. The molecular weight excluding hydrogens is 675 g/mol. The van der Waals surface area contributed by atoms with Crippen LogP contribution >= 0.6 is 0 Å². The van der Waals surface area contributed by atoms with E-state index in [0.29, 0.717) is 0 Å². The third-order valence-corrected chi connectivity index (χ3v) is 9.45. The first-order chi connectivity index (χ1) is 18.7. The van der Waals surface area contributed by atoms with Crippen LogP contribution in [0.25, 0.3) is 0 Å². The number of hydrogen-bond acceptors (Lipinski definition) is 5. The van der Waals surface area contributed by atoms with Crippen molar-refractivity contribution in [2.24, 2.45) is 0 Å². The number of rotatable bonds is 5. The minimum atomic E-state index is -5.81. The average Bonchev–Trinajstić information content (AvgIpc) is 2.84. The van der Waals surface area contributed by atoms with Crippen molar-refractivity contribution < 1.29 is 61.3 Å². The van der Waals surface area contributed by atoms with Crippen molar-refractivity contribution in [2.45, 2.75) is 64.2 Å². The fourth-order valence-electron chi connectivity index (χ4n) is 3.49. The van der Waals surface area contributed by atoms with Crippen molar-refractivity contribution in [3.63, 3.8) is 0 Å². The van der Waals surface area contributed by atoms with Crippen molar-refractivity contribution in [1.29, 1.82) is 0 Å². The van der Waals surface area contributed by atoms with Crippen molar-refractivity contribution >= 4 is 16.1 Å². The lowest BCUT2D eigenvalue weighted by Gasteiger charge is -2.20. The van der Waals surface area contributed by atoms with Crippen LogP contribution in [0.2, 0.25) is 0 Å². The zero-order valence-corrected chi connectivity index (χ0v) is 26.6. The van der Waals surface area contributed by atoms with Gasteiger partial charge in [-0.15, -0.1) is 0 Å². The van der Waals surface area contributed by atoms with E-state index in [1.54, 1.807) is 7.14 Å². The molecule has 41 heavy (non-hydrogen) atoms. The number of carbonyl (C=O) groups is 1. The highest BCUT2D eigenvalue weighted by Gasteiger charge is 2.32. The van der Waals surface area contributed by atoms with Gasteiger partial charge in [-0.25, -0.2) is 22.0 Å². The zero-order valence-electron chi connectivity index (χ0n) is 23.7. The third kappa shape index (κ3) is 8.62. The average molecular weight is 707 g/mol. The standard InChI is InChI=1S/C20H26I.C10H6F4O5S/c1-19(2,3)15-11-7-9-13-17(15)21-18-14-10-8-12-16(18)20(4,5)6;1-3(2)10(15)19-8-4(11)6(13)9(20(16,17)18)7(14)5(8)12/h7-14H,1-6H3;1H2,2H3,(H,16,17,18)/q+1;/p-1. The van der Waals surface area contributed by atoms with E-state index in [9.17, 15) is 35.3 Å². The number of benzene rings is 3. The molecule has 11 heteroatoms. The Bertz CT molecular complexity index is 1490. The molecule has 0 fully saturated rings. The highest BCUT2D eigenvalue weighted by molar-refractivity contribution is 7.85. The smallest absolute Gasteiger partial charge is 0.358 e. The molecule has 5 nitrogen and oxygen atoms in total. The molecule has 3 aromatic carbocycles. The number of hydrogen-bond donors (Lipinski definition) is 0. The highest BCUT2D eigenvalue weighted by Crippen LogP contribution is 2.32. The van der Waals surface area contributed by atoms with Crippen LogP contribution in [0, 0.1) is 30.4 Å². The van der Waals surface area contributed by atoms with Gasteiger partial charge in [-0.3, -0.25) is 0 Å². The van der Waals surface area contributed by atoms with Crippen LogP contribution in [0.5, 0.6) is 5.75 Å². The molecule has 0 spiro atoms. The zero-order chi connectivity index (χ0) is 31.5. The molecule has 0 heterocycles. The van der Waals surface area contributed by atoms with Crippen LogP contribution in [-0.2, 0) is 25.7 Å². The van der Waals surface area contributed by atoms with Crippen LogP contribution in [0.1, 0.15) is 59.6 Å². The predicted octanol–water partition coefficient (Wildman–Crippen LogP) is 4.04. The van der Waals surface area contributed by atoms with Crippen molar-refractivity contribution in [2.75, 3.05) is 0 Å². The molecule has 0 radical (unpaired) electrons. The van der Waals surface area contributed by atoms with Crippen molar-refractivity contribution in [3.05, 3.63) is 102 Å². The van der Waals surface area contributed by atoms with Crippen LogP contribution in [0.4, 0.5) is 17.6 Å². The molecule has 0 saturated carbocycles. The Morgan fingerprint density at radius 1 is 0.780 bits per heavy atom. The molecule has 3 rings (SSSR count). The van der Waals surface area contributed by atoms with E-state index in [1.165, 1.54) is 11.1 Å². The summed E-state index contributed by atoms with van der Waals surface area (Å²) in [4.78, 5) is 8.71.